The zero-order valence-corrected chi connectivity index (χ0v) is 16.8. The molecule has 0 spiro atoms. The Morgan fingerprint density at radius 1 is 0.964 bits per heavy atom. The molecule has 5 heteroatoms. The molecule has 4 rings (SSSR count). The van der Waals surface area contributed by atoms with Crippen molar-refractivity contribution in [1.82, 2.24) is 9.55 Å². The fourth-order valence-corrected chi connectivity index (χ4v) is 4.05. The van der Waals surface area contributed by atoms with E-state index in [1.807, 2.05) is 18.2 Å². The lowest BCUT2D eigenvalue weighted by molar-refractivity contribution is 0.103. The summed E-state index contributed by atoms with van der Waals surface area (Å²) in [5.41, 5.74) is 2.50. The van der Waals surface area contributed by atoms with Crippen molar-refractivity contribution in [3.8, 4) is 5.69 Å². The maximum absolute atomic E-state index is 13.2. The molecule has 0 saturated heterocycles. The molecule has 3 aromatic rings. The number of aromatic nitrogens is 2. The van der Waals surface area contributed by atoms with Crippen LogP contribution in [-0.4, -0.2) is 15.3 Å². The SMILES string of the molecule is CCCCCCCCc1ccc2nc3n(c(=O)c2c1)-c1ccc(Cl)cc1C3=O. The van der Waals surface area contributed by atoms with Crippen molar-refractivity contribution in [2.24, 2.45) is 0 Å². The Morgan fingerprint density at radius 2 is 1.75 bits per heavy atom. The molecular formula is C23H23ClN2O2. The van der Waals surface area contributed by atoms with E-state index in [0.29, 0.717) is 27.2 Å². The predicted octanol–water partition coefficient (Wildman–Crippen LogP) is 5.49. The van der Waals surface area contributed by atoms with Gasteiger partial charge in [-0.25, -0.2) is 4.98 Å². The highest BCUT2D eigenvalue weighted by atomic mass is 35.5. The lowest BCUT2D eigenvalue weighted by Gasteiger charge is -2.07. The van der Waals surface area contributed by atoms with E-state index in [9.17, 15) is 9.59 Å². The standard InChI is InChI=1S/C23H23ClN2O2/c1-2-3-4-5-6-7-8-15-9-11-19-17(13-15)23(28)26-20-12-10-16(24)14-18(20)21(27)22(26)25-19/h9-14H,2-8H2,1H3. The molecule has 0 bridgehead atoms. The van der Waals surface area contributed by atoms with Gasteiger partial charge in [0, 0.05) is 5.02 Å². The van der Waals surface area contributed by atoms with Gasteiger partial charge in [0.1, 0.15) is 0 Å². The average Bonchev–Trinajstić information content (AvgIpc) is 2.97. The zero-order valence-electron chi connectivity index (χ0n) is 16.0. The van der Waals surface area contributed by atoms with Gasteiger partial charge in [-0.3, -0.25) is 14.2 Å². The number of benzene rings is 2. The van der Waals surface area contributed by atoms with Crippen LogP contribution in [0, 0.1) is 0 Å². The summed E-state index contributed by atoms with van der Waals surface area (Å²) in [4.78, 5) is 30.3. The molecule has 1 aromatic heterocycles. The van der Waals surface area contributed by atoms with E-state index in [2.05, 4.69) is 11.9 Å². The molecular weight excluding hydrogens is 372 g/mol. The highest BCUT2D eigenvalue weighted by Crippen LogP contribution is 2.28. The third-order valence-electron chi connectivity index (χ3n) is 5.40. The largest absolute Gasteiger partial charge is 0.285 e. The second-order valence-electron chi connectivity index (χ2n) is 7.44. The first-order chi connectivity index (χ1) is 13.6. The Balaban J connectivity index is 1.65. The van der Waals surface area contributed by atoms with Crippen molar-refractivity contribution in [3.05, 3.63) is 68.7 Å². The molecule has 1 aliphatic rings. The van der Waals surface area contributed by atoms with Crippen LogP contribution in [0.2, 0.25) is 5.02 Å². The zero-order chi connectivity index (χ0) is 19.7. The van der Waals surface area contributed by atoms with E-state index in [0.717, 1.165) is 18.4 Å². The number of nitrogens with zero attached hydrogens (tertiary/aromatic N) is 2. The number of hydrogen-bond donors (Lipinski definition) is 0. The first kappa shape index (κ1) is 18.9. The lowest BCUT2D eigenvalue weighted by atomic mass is 10.0. The molecule has 0 saturated carbocycles. The van der Waals surface area contributed by atoms with Gasteiger partial charge in [-0.2, -0.15) is 0 Å². The third kappa shape index (κ3) is 3.37. The van der Waals surface area contributed by atoms with Crippen LogP contribution in [0.25, 0.3) is 16.6 Å². The fourth-order valence-electron chi connectivity index (χ4n) is 3.88. The van der Waals surface area contributed by atoms with Crippen molar-refractivity contribution < 1.29 is 4.79 Å². The minimum Gasteiger partial charge on any atom is -0.285 e. The fraction of sp³-hybridized carbons (Fsp3) is 0.348. The van der Waals surface area contributed by atoms with Gasteiger partial charge in [-0.1, -0.05) is 56.7 Å². The van der Waals surface area contributed by atoms with Crippen LogP contribution in [-0.2, 0) is 6.42 Å². The van der Waals surface area contributed by atoms with E-state index in [1.54, 1.807) is 18.2 Å². The van der Waals surface area contributed by atoms with Crippen molar-refractivity contribution >= 4 is 28.3 Å². The minimum absolute atomic E-state index is 0.165. The molecule has 0 unspecified atom stereocenters. The van der Waals surface area contributed by atoms with E-state index in [1.165, 1.54) is 36.7 Å². The lowest BCUT2D eigenvalue weighted by Crippen LogP contribution is -2.21. The van der Waals surface area contributed by atoms with Crippen LogP contribution in [0.3, 0.4) is 0 Å². The molecule has 0 radical (unpaired) electrons. The number of ketones is 1. The number of aryl methyl sites for hydroxylation is 1. The van der Waals surface area contributed by atoms with E-state index >= 15 is 0 Å². The number of unbranched alkanes of at least 4 members (excludes halogenated alkanes) is 5. The molecule has 2 aromatic carbocycles. The topological polar surface area (TPSA) is 52.0 Å². The molecule has 0 N–H and O–H groups in total. The van der Waals surface area contributed by atoms with Crippen molar-refractivity contribution in [1.29, 1.82) is 0 Å². The number of rotatable bonds is 7. The van der Waals surface area contributed by atoms with Crippen LogP contribution in [0.1, 0.15) is 67.2 Å². The molecule has 4 nitrogen and oxygen atoms in total. The van der Waals surface area contributed by atoms with Gasteiger partial charge in [-0.15, -0.1) is 0 Å². The number of carbonyl (C=O) groups is 1. The van der Waals surface area contributed by atoms with Gasteiger partial charge in [0.05, 0.1) is 22.2 Å². The molecule has 0 atom stereocenters. The Morgan fingerprint density at radius 3 is 2.57 bits per heavy atom. The van der Waals surface area contributed by atoms with Crippen molar-refractivity contribution in [2.45, 2.75) is 51.9 Å². The number of halogens is 1. The summed E-state index contributed by atoms with van der Waals surface area (Å²) in [5, 5.41) is 1.03. The highest BCUT2D eigenvalue weighted by molar-refractivity contribution is 6.31. The van der Waals surface area contributed by atoms with Crippen molar-refractivity contribution in [2.75, 3.05) is 0 Å². The monoisotopic (exact) mass is 394 g/mol. The Labute approximate surface area is 169 Å². The van der Waals surface area contributed by atoms with E-state index < -0.39 is 0 Å². The highest BCUT2D eigenvalue weighted by Gasteiger charge is 2.30. The quantitative estimate of drug-likeness (QED) is 0.389. The molecule has 28 heavy (non-hydrogen) atoms. The Bertz CT molecular complexity index is 1120. The van der Waals surface area contributed by atoms with Crippen LogP contribution < -0.4 is 5.56 Å². The summed E-state index contributed by atoms with van der Waals surface area (Å²) in [6.45, 7) is 2.22. The van der Waals surface area contributed by atoms with E-state index in [-0.39, 0.29) is 17.2 Å². The summed E-state index contributed by atoms with van der Waals surface area (Å²) in [6.07, 6.45) is 8.40. The maximum Gasteiger partial charge on any atom is 0.266 e. The minimum atomic E-state index is -0.257. The van der Waals surface area contributed by atoms with Crippen LogP contribution in [0.5, 0.6) is 0 Å². The van der Waals surface area contributed by atoms with Crippen LogP contribution >= 0.6 is 11.6 Å². The van der Waals surface area contributed by atoms with Gasteiger partial charge in [-0.05, 0) is 48.7 Å². The van der Waals surface area contributed by atoms with E-state index in [4.69, 9.17) is 11.6 Å². The summed E-state index contributed by atoms with van der Waals surface area (Å²) in [6, 6.07) is 10.8. The molecule has 144 valence electrons. The Hall–Kier alpha value is -2.46. The van der Waals surface area contributed by atoms with Crippen LogP contribution in [0.15, 0.2) is 41.2 Å². The van der Waals surface area contributed by atoms with Crippen molar-refractivity contribution in [3.63, 3.8) is 0 Å². The van der Waals surface area contributed by atoms with Crippen LogP contribution in [0.4, 0.5) is 0 Å². The summed E-state index contributed by atoms with van der Waals surface area (Å²) in [7, 11) is 0. The molecule has 0 amide bonds. The molecule has 1 aliphatic heterocycles. The molecule has 2 heterocycles. The first-order valence-electron chi connectivity index (χ1n) is 10.0. The van der Waals surface area contributed by atoms with Gasteiger partial charge in [0.15, 0.2) is 5.82 Å². The van der Waals surface area contributed by atoms with Gasteiger partial charge < -0.3 is 0 Å². The summed E-state index contributed by atoms with van der Waals surface area (Å²) < 4.78 is 1.42. The average molecular weight is 395 g/mol. The maximum atomic E-state index is 13.2. The first-order valence-corrected chi connectivity index (χ1v) is 10.4. The van der Waals surface area contributed by atoms with Gasteiger partial charge in [0.25, 0.3) is 5.56 Å². The summed E-state index contributed by atoms with van der Waals surface area (Å²) in [5.74, 6) is -0.0916. The number of hydrogen-bond acceptors (Lipinski definition) is 3. The molecule has 0 aliphatic carbocycles. The second kappa shape index (κ2) is 7.88. The Kier molecular flexibility index (Phi) is 5.31. The van der Waals surface area contributed by atoms with Gasteiger partial charge >= 0.3 is 0 Å². The third-order valence-corrected chi connectivity index (χ3v) is 5.63. The molecule has 0 fully saturated rings. The second-order valence-corrected chi connectivity index (χ2v) is 7.87. The normalized spacial score (nSPS) is 12.4. The predicted molar refractivity (Wildman–Crippen MR) is 113 cm³/mol. The number of carbonyl (C=O) groups excluding carboxylic acids is 1. The smallest absolute Gasteiger partial charge is 0.266 e. The number of fused-ring (bicyclic) bond motifs is 4. The summed E-state index contributed by atoms with van der Waals surface area (Å²) >= 11 is 6.03. The van der Waals surface area contributed by atoms with Gasteiger partial charge in [0.2, 0.25) is 5.78 Å².